The summed E-state index contributed by atoms with van der Waals surface area (Å²) in [5.74, 6) is 3.15. The van der Waals surface area contributed by atoms with Crippen LogP contribution in [0.15, 0.2) is 6.07 Å². The van der Waals surface area contributed by atoms with Crippen molar-refractivity contribution in [3.05, 3.63) is 11.9 Å². The highest BCUT2D eigenvalue weighted by Crippen LogP contribution is 2.24. The van der Waals surface area contributed by atoms with E-state index >= 15 is 0 Å². The Balaban J connectivity index is 2.03. The molecule has 1 atom stereocenters. The van der Waals surface area contributed by atoms with Crippen LogP contribution in [0.2, 0.25) is 0 Å². The Morgan fingerprint density at radius 2 is 2.24 bits per heavy atom. The molecule has 2 rings (SSSR count). The molecule has 1 aromatic heterocycles. The number of aryl methyl sites for hydroxylation is 1. The molecule has 0 radical (unpaired) electrons. The van der Waals surface area contributed by atoms with Gasteiger partial charge in [0.25, 0.3) is 0 Å². The second-order valence-corrected chi connectivity index (χ2v) is 6.06. The maximum atomic E-state index is 5.53. The van der Waals surface area contributed by atoms with Gasteiger partial charge in [-0.05, 0) is 39.2 Å². The van der Waals surface area contributed by atoms with Crippen LogP contribution in [-0.2, 0) is 0 Å². The van der Waals surface area contributed by atoms with Gasteiger partial charge in [0.1, 0.15) is 11.6 Å². The van der Waals surface area contributed by atoms with Gasteiger partial charge in [-0.2, -0.15) is 4.98 Å². The highest BCUT2D eigenvalue weighted by atomic mass is 16.5. The van der Waals surface area contributed by atoms with E-state index in [1.807, 2.05) is 19.9 Å². The Morgan fingerprint density at radius 1 is 1.43 bits per heavy atom. The zero-order valence-corrected chi connectivity index (χ0v) is 13.7. The molecule has 0 amide bonds. The fourth-order valence-electron chi connectivity index (χ4n) is 2.75. The van der Waals surface area contributed by atoms with Crippen LogP contribution >= 0.6 is 0 Å². The van der Waals surface area contributed by atoms with Crippen LogP contribution in [0.1, 0.15) is 39.4 Å². The number of ether oxygens (including phenoxy) is 1. The van der Waals surface area contributed by atoms with Crippen molar-refractivity contribution in [3.63, 3.8) is 0 Å². The van der Waals surface area contributed by atoms with Crippen molar-refractivity contribution in [2.24, 2.45) is 5.92 Å². The number of nitrogens with one attached hydrogen (secondary N) is 1. The van der Waals surface area contributed by atoms with Crippen LogP contribution in [0, 0.1) is 12.8 Å². The van der Waals surface area contributed by atoms with Crippen LogP contribution in [0.5, 0.6) is 5.88 Å². The second-order valence-electron chi connectivity index (χ2n) is 6.06. The monoisotopic (exact) mass is 292 g/mol. The SMILES string of the molecule is CCOc1cc(N2CCCC(CNC(C)C)C2)nc(C)n1. The van der Waals surface area contributed by atoms with Crippen molar-refractivity contribution in [1.82, 2.24) is 15.3 Å². The quantitative estimate of drug-likeness (QED) is 0.872. The number of hydrogen-bond donors (Lipinski definition) is 1. The van der Waals surface area contributed by atoms with Crippen molar-refractivity contribution < 1.29 is 4.74 Å². The second kappa shape index (κ2) is 7.59. The summed E-state index contributed by atoms with van der Waals surface area (Å²) < 4.78 is 5.53. The molecule has 1 aromatic rings. The molecule has 0 aromatic carbocycles. The number of hydrogen-bond acceptors (Lipinski definition) is 5. The van der Waals surface area contributed by atoms with Gasteiger partial charge in [-0.1, -0.05) is 13.8 Å². The van der Waals surface area contributed by atoms with Crippen molar-refractivity contribution in [2.75, 3.05) is 31.1 Å². The summed E-state index contributed by atoms with van der Waals surface area (Å²) in [5.41, 5.74) is 0. The van der Waals surface area contributed by atoms with E-state index in [1.165, 1.54) is 12.8 Å². The molecule has 0 saturated carbocycles. The van der Waals surface area contributed by atoms with Crippen molar-refractivity contribution in [3.8, 4) is 5.88 Å². The molecule has 5 nitrogen and oxygen atoms in total. The van der Waals surface area contributed by atoms with Gasteiger partial charge in [-0.25, -0.2) is 4.98 Å². The fourth-order valence-corrected chi connectivity index (χ4v) is 2.75. The maximum Gasteiger partial charge on any atom is 0.218 e. The minimum absolute atomic E-state index is 0.547. The van der Waals surface area contributed by atoms with Gasteiger partial charge in [0.05, 0.1) is 6.61 Å². The highest BCUT2D eigenvalue weighted by molar-refractivity contribution is 5.42. The molecule has 0 spiro atoms. The van der Waals surface area contributed by atoms with Crippen LogP contribution in [0.4, 0.5) is 5.82 Å². The Hall–Kier alpha value is -1.36. The summed E-state index contributed by atoms with van der Waals surface area (Å²) in [6.07, 6.45) is 2.51. The first-order valence-corrected chi connectivity index (χ1v) is 8.05. The summed E-state index contributed by atoms with van der Waals surface area (Å²) in [6.45, 7) is 12.1. The van der Waals surface area contributed by atoms with E-state index in [0.29, 0.717) is 24.4 Å². The number of nitrogens with zero attached hydrogens (tertiary/aromatic N) is 3. The third-order valence-electron chi connectivity index (χ3n) is 3.75. The molecule has 0 aliphatic carbocycles. The average Bonchev–Trinajstić information content (AvgIpc) is 2.45. The van der Waals surface area contributed by atoms with Crippen LogP contribution in [0.3, 0.4) is 0 Å². The summed E-state index contributed by atoms with van der Waals surface area (Å²) >= 11 is 0. The summed E-state index contributed by atoms with van der Waals surface area (Å²) in [4.78, 5) is 11.3. The number of rotatable bonds is 6. The molecule has 21 heavy (non-hydrogen) atoms. The van der Waals surface area contributed by atoms with Crippen LogP contribution in [-0.4, -0.2) is 42.3 Å². The molecule has 1 unspecified atom stereocenters. The lowest BCUT2D eigenvalue weighted by Crippen LogP contribution is -2.41. The average molecular weight is 292 g/mol. The van der Waals surface area contributed by atoms with E-state index in [2.05, 4.69) is 34.0 Å². The Morgan fingerprint density at radius 3 is 2.95 bits per heavy atom. The first-order chi connectivity index (χ1) is 10.1. The zero-order chi connectivity index (χ0) is 15.2. The lowest BCUT2D eigenvalue weighted by molar-refractivity contribution is 0.324. The van der Waals surface area contributed by atoms with E-state index in [4.69, 9.17) is 4.74 Å². The topological polar surface area (TPSA) is 50.3 Å². The summed E-state index contributed by atoms with van der Waals surface area (Å²) in [7, 11) is 0. The van der Waals surface area contributed by atoms with E-state index in [1.54, 1.807) is 0 Å². The number of piperidine rings is 1. The van der Waals surface area contributed by atoms with Gasteiger partial charge in [0, 0.05) is 25.2 Å². The predicted octanol–water partition coefficient (Wildman–Crippen LogP) is 2.40. The Bertz CT molecular complexity index is 450. The highest BCUT2D eigenvalue weighted by Gasteiger charge is 2.21. The summed E-state index contributed by atoms with van der Waals surface area (Å²) in [5, 5.41) is 3.55. The molecule has 5 heteroatoms. The lowest BCUT2D eigenvalue weighted by Gasteiger charge is -2.34. The molecule has 2 heterocycles. The van der Waals surface area contributed by atoms with Gasteiger partial charge in [-0.3, -0.25) is 0 Å². The molecule has 0 bridgehead atoms. The van der Waals surface area contributed by atoms with Gasteiger partial charge >= 0.3 is 0 Å². The predicted molar refractivity (Wildman–Crippen MR) is 86.0 cm³/mol. The van der Waals surface area contributed by atoms with Crippen LogP contribution in [0.25, 0.3) is 0 Å². The largest absolute Gasteiger partial charge is 0.478 e. The van der Waals surface area contributed by atoms with Crippen molar-refractivity contribution >= 4 is 5.82 Å². The molecule has 1 aliphatic rings. The molecule has 1 saturated heterocycles. The number of aromatic nitrogens is 2. The first kappa shape index (κ1) is 16.0. The third-order valence-corrected chi connectivity index (χ3v) is 3.75. The van der Waals surface area contributed by atoms with Gasteiger partial charge in [0.15, 0.2) is 0 Å². The third kappa shape index (κ3) is 4.84. The first-order valence-electron chi connectivity index (χ1n) is 8.05. The van der Waals surface area contributed by atoms with Crippen molar-refractivity contribution in [2.45, 2.75) is 46.6 Å². The van der Waals surface area contributed by atoms with Gasteiger partial charge in [-0.15, -0.1) is 0 Å². The maximum absolute atomic E-state index is 5.53. The molecule has 1 N–H and O–H groups in total. The molecular formula is C16H28N4O. The smallest absolute Gasteiger partial charge is 0.218 e. The fraction of sp³-hybridized carbons (Fsp3) is 0.750. The van der Waals surface area contributed by atoms with E-state index in [9.17, 15) is 0 Å². The lowest BCUT2D eigenvalue weighted by atomic mass is 9.97. The zero-order valence-electron chi connectivity index (χ0n) is 13.7. The minimum Gasteiger partial charge on any atom is -0.478 e. The Labute approximate surface area is 128 Å². The minimum atomic E-state index is 0.547. The van der Waals surface area contributed by atoms with E-state index < -0.39 is 0 Å². The van der Waals surface area contributed by atoms with E-state index in [0.717, 1.165) is 31.3 Å². The molecule has 118 valence electrons. The molecular weight excluding hydrogens is 264 g/mol. The summed E-state index contributed by atoms with van der Waals surface area (Å²) in [6, 6.07) is 2.51. The van der Waals surface area contributed by atoms with Crippen LogP contribution < -0.4 is 15.0 Å². The van der Waals surface area contributed by atoms with Gasteiger partial charge < -0.3 is 15.0 Å². The molecule has 1 aliphatic heterocycles. The molecule has 1 fully saturated rings. The van der Waals surface area contributed by atoms with Gasteiger partial charge in [0.2, 0.25) is 5.88 Å². The Kier molecular flexibility index (Phi) is 5.79. The van der Waals surface area contributed by atoms with Crippen molar-refractivity contribution in [1.29, 1.82) is 0 Å². The number of anilines is 1. The normalized spacial score (nSPS) is 19.1. The van der Waals surface area contributed by atoms with E-state index in [-0.39, 0.29) is 0 Å². The standard InChI is InChI=1S/C16H28N4O/c1-5-21-16-9-15(18-13(4)19-16)20-8-6-7-14(11-20)10-17-12(2)3/h9,12,14,17H,5-8,10-11H2,1-4H3.